The van der Waals surface area contributed by atoms with Crippen molar-refractivity contribution in [3.63, 3.8) is 0 Å². The number of aromatic nitrogens is 4. The summed E-state index contributed by atoms with van der Waals surface area (Å²) in [6, 6.07) is 0. The largest absolute Gasteiger partial charge is 0.298 e. The van der Waals surface area contributed by atoms with Crippen LogP contribution < -0.4 is 0 Å². The van der Waals surface area contributed by atoms with Gasteiger partial charge in [-0.2, -0.15) is 4.37 Å². The Bertz CT molecular complexity index is 587. The summed E-state index contributed by atoms with van der Waals surface area (Å²) in [4.78, 5) is 23.5. The van der Waals surface area contributed by atoms with Crippen LogP contribution in [-0.4, -0.2) is 25.6 Å². The number of aryl methyl sites for hydroxylation is 2. The van der Waals surface area contributed by atoms with Gasteiger partial charge in [-0.25, -0.2) is 15.0 Å². The molecule has 0 N–H and O–H groups in total. The number of hydrogen-bond donors (Lipinski definition) is 0. The van der Waals surface area contributed by atoms with Crippen molar-refractivity contribution in [2.75, 3.05) is 0 Å². The quantitative estimate of drug-likeness (QED) is 0.639. The lowest BCUT2D eigenvalue weighted by Gasteiger charge is -2.03. The minimum atomic E-state index is 0.167. The van der Waals surface area contributed by atoms with Gasteiger partial charge in [-0.3, -0.25) is 4.79 Å². The Morgan fingerprint density at radius 1 is 1.39 bits per heavy atom. The topological polar surface area (TPSA) is 68.6 Å². The minimum Gasteiger partial charge on any atom is -0.298 e. The van der Waals surface area contributed by atoms with Crippen LogP contribution in [0.2, 0.25) is 5.15 Å². The highest BCUT2D eigenvalue weighted by atomic mass is 35.5. The minimum absolute atomic E-state index is 0.167. The highest BCUT2D eigenvalue weighted by molar-refractivity contribution is 8.01. The fourth-order valence-electron chi connectivity index (χ4n) is 1.21. The van der Waals surface area contributed by atoms with E-state index in [1.54, 1.807) is 6.92 Å². The molecule has 0 saturated heterocycles. The molecule has 2 aromatic rings. The molecule has 2 heterocycles. The zero-order valence-corrected chi connectivity index (χ0v) is 12.1. The molecule has 0 unspecified atom stereocenters. The first-order chi connectivity index (χ1) is 8.63. The van der Waals surface area contributed by atoms with E-state index in [0.29, 0.717) is 22.7 Å². The molecule has 0 atom stereocenters. The van der Waals surface area contributed by atoms with Gasteiger partial charge in [-0.05, 0) is 30.2 Å². The number of halogens is 1. The molecule has 0 aromatic carbocycles. The highest BCUT2D eigenvalue weighted by Gasteiger charge is 2.14. The molecule has 0 bridgehead atoms. The second-order valence-corrected chi connectivity index (χ2v) is 5.68. The van der Waals surface area contributed by atoms with E-state index in [2.05, 4.69) is 19.3 Å². The normalized spacial score (nSPS) is 10.6. The molecule has 0 spiro atoms. The maximum atomic E-state index is 11.0. The lowest BCUT2D eigenvalue weighted by Crippen LogP contribution is -1.98. The number of rotatable bonds is 4. The third-order valence-corrected chi connectivity index (χ3v) is 4.13. The van der Waals surface area contributed by atoms with Gasteiger partial charge in [0.1, 0.15) is 21.8 Å². The smallest absolute Gasteiger partial charge is 0.176 e. The van der Waals surface area contributed by atoms with Crippen LogP contribution >= 0.6 is 34.9 Å². The predicted octanol–water partition coefficient (Wildman–Crippen LogP) is 2.82. The van der Waals surface area contributed by atoms with Crippen LogP contribution in [0.25, 0.3) is 0 Å². The van der Waals surface area contributed by atoms with Crippen LogP contribution in [0.3, 0.4) is 0 Å². The van der Waals surface area contributed by atoms with E-state index in [1.807, 2.05) is 6.92 Å². The highest BCUT2D eigenvalue weighted by Crippen LogP contribution is 2.31. The summed E-state index contributed by atoms with van der Waals surface area (Å²) in [7, 11) is 0. The molecule has 0 aliphatic carbocycles. The Morgan fingerprint density at radius 2 is 2.17 bits per heavy atom. The molecule has 0 aliphatic heterocycles. The average Bonchev–Trinajstić information content (AvgIpc) is 2.76. The SMILES string of the molecule is CCc1nsc(Sc2nc(C)nc(Cl)c2C=O)n1. The van der Waals surface area contributed by atoms with Crippen molar-refractivity contribution >= 4 is 41.2 Å². The third-order valence-electron chi connectivity index (χ3n) is 2.04. The van der Waals surface area contributed by atoms with Crippen LogP contribution in [0.5, 0.6) is 0 Å². The number of hydrogen-bond acceptors (Lipinski definition) is 7. The first kappa shape index (κ1) is 13.4. The summed E-state index contributed by atoms with van der Waals surface area (Å²) in [5, 5.41) is 0.682. The summed E-state index contributed by atoms with van der Waals surface area (Å²) in [5.74, 6) is 1.31. The summed E-state index contributed by atoms with van der Waals surface area (Å²) in [5.41, 5.74) is 0.292. The van der Waals surface area contributed by atoms with Crippen molar-refractivity contribution < 1.29 is 4.79 Å². The van der Waals surface area contributed by atoms with E-state index in [1.165, 1.54) is 23.3 Å². The molecule has 0 fully saturated rings. The van der Waals surface area contributed by atoms with Crippen molar-refractivity contribution in [3.05, 3.63) is 22.4 Å². The molecule has 2 aromatic heterocycles. The van der Waals surface area contributed by atoms with Gasteiger partial charge in [0.25, 0.3) is 0 Å². The number of carbonyl (C=O) groups excluding carboxylic acids is 1. The van der Waals surface area contributed by atoms with Crippen LogP contribution in [-0.2, 0) is 6.42 Å². The molecule has 2 rings (SSSR count). The van der Waals surface area contributed by atoms with Gasteiger partial charge in [0.15, 0.2) is 10.6 Å². The van der Waals surface area contributed by atoms with Crippen molar-refractivity contribution in [2.24, 2.45) is 0 Å². The lowest BCUT2D eigenvalue weighted by molar-refractivity contribution is 0.112. The van der Waals surface area contributed by atoms with Crippen LogP contribution in [0, 0.1) is 6.92 Å². The van der Waals surface area contributed by atoms with E-state index in [4.69, 9.17) is 11.6 Å². The monoisotopic (exact) mass is 300 g/mol. The molecule has 18 heavy (non-hydrogen) atoms. The number of nitrogens with zero attached hydrogens (tertiary/aromatic N) is 4. The van der Waals surface area contributed by atoms with E-state index in [0.717, 1.165) is 16.6 Å². The maximum Gasteiger partial charge on any atom is 0.176 e. The molecule has 94 valence electrons. The first-order valence-electron chi connectivity index (χ1n) is 5.13. The van der Waals surface area contributed by atoms with E-state index in [9.17, 15) is 4.79 Å². The van der Waals surface area contributed by atoms with Gasteiger partial charge in [-0.15, -0.1) is 0 Å². The molecular formula is C10H9ClN4OS2. The molecule has 0 amide bonds. The first-order valence-corrected chi connectivity index (χ1v) is 7.10. The van der Waals surface area contributed by atoms with Gasteiger partial charge >= 0.3 is 0 Å². The summed E-state index contributed by atoms with van der Waals surface area (Å²) >= 11 is 8.47. The fourth-order valence-corrected chi connectivity index (χ4v) is 3.26. The van der Waals surface area contributed by atoms with Crippen molar-refractivity contribution in [1.29, 1.82) is 0 Å². The van der Waals surface area contributed by atoms with Crippen LogP contribution in [0.15, 0.2) is 9.37 Å². The average molecular weight is 301 g/mol. The van der Waals surface area contributed by atoms with E-state index in [-0.39, 0.29) is 5.15 Å². The Kier molecular flexibility index (Phi) is 4.26. The Labute approximate surface area is 117 Å². The Morgan fingerprint density at radius 3 is 2.78 bits per heavy atom. The van der Waals surface area contributed by atoms with Crippen LogP contribution in [0.4, 0.5) is 0 Å². The molecule has 8 heteroatoms. The Hall–Kier alpha value is -1.05. The van der Waals surface area contributed by atoms with Crippen molar-refractivity contribution in [1.82, 2.24) is 19.3 Å². The molecule has 0 saturated carbocycles. The van der Waals surface area contributed by atoms with Gasteiger partial charge < -0.3 is 0 Å². The maximum absolute atomic E-state index is 11.0. The predicted molar refractivity (Wildman–Crippen MR) is 70.6 cm³/mol. The standard InChI is InChI=1S/C10H9ClN4OS2/c1-3-7-14-10(18-15-7)17-9-6(4-16)8(11)12-5(2)13-9/h4H,3H2,1-2H3. The second-order valence-electron chi connectivity index (χ2n) is 3.33. The molecule has 0 aliphatic rings. The van der Waals surface area contributed by atoms with Gasteiger partial charge in [0.05, 0.1) is 5.56 Å². The number of aldehydes is 1. The van der Waals surface area contributed by atoms with Crippen molar-refractivity contribution in [2.45, 2.75) is 29.6 Å². The Balaban J connectivity index is 2.35. The van der Waals surface area contributed by atoms with E-state index < -0.39 is 0 Å². The third kappa shape index (κ3) is 2.85. The molecular weight excluding hydrogens is 292 g/mol. The fraction of sp³-hybridized carbons (Fsp3) is 0.300. The zero-order valence-electron chi connectivity index (χ0n) is 9.68. The molecule has 0 radical (unpaired) electrons. The van der Waals surface area contributed by atoms with Gasteiger partial charge in [0.2, 0.25) is 0 Å². The summed E-state index contributed by atoms with van der Waals surface area (Å²) in [6.45, 7) is 3.71. The second kappa shape index (κ2) is 5.73. The van der Waals surface area contributed by atoms with Gasteiger partial charge in [0, 0.05) is 6.42 Å². The van der Waals surface area contributed by atoms with Crippen LogP contribution in [0.1, 0.15) is 28.9 Å². The lowest BCUT2D eigenvalue weighted by atomic mass is 10.4. The van der Waals surface area contributed by atoms with E-state index >= 15 is 0 Å². The summed E-state index contributed by atoms with van der Waals surface area (Å²) < 4.78 is 4.92. The van der Waals surface area contributed by atoms with Crippen molar-refractivity contribution in [3.8, 4) is 0 Å². The number of carbonyl (C=O) groups is 1. The van der Waals surface area contributed by atoms with Gasteiger partial charge in [-0.1, -0.05) is 18.5 Å². The summed E-state index contributed by atoms with van der Waals surface area (Å²) in [6.07, 6.45) is 1.44. The molecule has 5 nitrogen and oxygen atoms in total. The zero-order chi connectivity index (χ0) is 13.1.